The second kappa shape index (κ2) is 6.37. The second-order valence-corrected chi connectivity index (χ2v) is 5.39. The van der Waals surface area contributed by atoms with Gasteiger partial charge in [-0.25, -0.2) is 0 Å². The average Bonchev–Trinajstić information content (AvgIpc) is 2.88. The molecule has 1 atom stereocenters. The second-order valence-electron chi connectivity index (χ2n) is 5.39. The van der Waals surface area contributed by atoms with Crippen molar-refractivity contribution in [3.63, 3.8) is 0 Å². The zero-order valence-electron chi connectivity index (χ0n) is 11.4. The van der Waals surface area contributed by atoms with Crippen molar-refractivity contribution in [1.82, 2.24) is 0 Å². The Bertz CT molecular complexity index is 476. The van der Waals surface area contributed by atoms with Crippen LogP contribution in [0.15, 0.2) is 24.3 Å². The van der Waals surface area contributed by atoms with Gasteiger partial charge in [-0.2, -0.15) is 0 Å². The average molecular weight is 302 g/mol. The molecule has 2 rings (SSSR count). The highest BCUT2D eigenvalue weighted by molar-refractivity contribution is 5.76. The lowest BCUT2D eigenvalue weighted by atomic mass is 9.88. The smallest absolute Gasteiger partial charge is 0.481 e. The molecule has 0 bridgehead atoms. The van der Waals surface area contributed by atoms with E-state index in [1.54, 1.807) is 0 Å². The number of carboxylic acids is 1. The molecule has 1 N–H and O–H groups in total. The van der Waals surface area contributed by atoms with E-state index in [1.807, 2.05) is 0 Å². The molecule has 1 fully saturated rings. The van der Waals surface area contributed by atoms with Crippen LogP contribution in [0.4, 0.5) is 13.2 Å². The van der Waals surface area contributed by atoms with Crippen LogP contribution in [0.2, 0.25) is 0 Å². The molecule has 0 aliphatic heterocycles. The van der Waals surface area contributed by atoms with Gasteiger partial charge in [0.2, 0.25) is 0 Å². The number of alkyl halides is 3. The monoisotopic (exact) mass is 302 g/mol. The number of benzene rings is 1. The molecule has 0 spiro atoms. The maximum absolute atomic E-state index is 12.1. The number of hydrogen-bond acceptors (Lipinski definition) is 2. The standard InChI is InChI=1S/C15H17F3O3/c16-15(17,18)21-12-7-5-11(6-8-12)13(14(19)20)9-10-3-1-2-4-10/h5-8,10,13H,1-4,9H2,(H,19,20). The predicted octanol–water partition coefficient (Wildman–Crippen LogP) is 4.33. The van der Waals surface area contributed by atoms with Crippen molar-refractivity contribution in [2.75, 3.05) is 0 Å². The van der Waals surface area contributed by atoms with Gasteiger partial charge in [-0.05, 0) is 30.0 Å². The lowest BCUT2D eigenvalue weighted by Gasteiger charge is -2.17. The molecule has 0 amide bonds. The van der Waals surface area contributed by atoms with Crippen molar-refractivity contribution < 1.29 is 27.8 Å². The van der Waals surface area contributed by atoms with Crippen LogP contribution in [0.3, 0.4) is 0 Å². The van der Waals surface area contributed by atoms with Gasteiger partial charge >= 0.3 is 12.3 Å². The zero-order valence-corrected chi connectivity index (χ0v) is 11.4. The highest BCUT2D eigenvalue weighted by Crippen LogP contribution is 2.35. The summed E-state index contributed by atoms with van der Waals surface area (Å²) in [5, 5.41) is 9.33. The largest absolute Gasteiger partial charge is 0.573 e. The van der Waals surface area contributed by atoms with Crippen molar-refractivity contribution in [2.24, 2.45) is 5.92 Å². The van der Waals surface area contributed by atoms with Gasteiger partial charge in [-0.15, -0.1) is 13.2 Å². The normalized spacial score (nSPS) is 17.7. The minimum absolute atomic E-state index is 0.337. The Kier molecular flexibility index (Phi) is 4.75. The highest BCUT2D eigenvalue weighted by atomic mass is 19.4. The van der Waals surface area contributed by atoms with Crippen LogP contribution >= 0.6 is 0 Å². The molecule has 1 unspecified atom stereocenters. The van der Waals surface area contributed by atoms with Gasteiger partial charge < -0.3 is 9.84 Å². The summed E-state index contributed by atoms with van der Waals surface area (Å²) in [6.07, 6.45) is 0.0925. The molecule has 1 aromatic carbocycles. The van der Waals surface area contributed by atoms with Crippen LogP contribution in [0.5, 0.6) is 5.75 Å². The summed E-state index contributed by atoms with van der Waals surface area (Å²) in [5.74, 6) is -1.56. The Balaban J connectivity index is 2.07. The van der Waals surface area contributed by atoms with Crippen LogP contribution in [0, 0.1) is 5.92 Å². The minimum Gasteiger partial charge on any atom is -0.481 e. The highest BCUT2D eigenvalue weighted by Gasteiger charge is 2.31. The van der Waals surface area contributed by atoms with Crippen molar-refractivity contribution in [2.45, 2.75) is 44.4 Å². The number of rotatable bonds is 5. The number of carboxylic acid groups (broad SMARTS) is 1. The summed E-state index contributed by atoms with van der Waals surface area (Å²) in [6, 6.07) is 5.12. The van der Waals surface area contributed by atoms with Crippen molar-refractivity contribution >= 4 is 5.97 Å². The molecule has 21 heavy (non-hydrogen) atoms. The van der Waals surface area contributed by atoms with E-state index in [0.717, 1.165) is 37.8 Å². The molecule has 0 aromatic heterocycles. The first kappa shape index (κ1) is 15.7. The fourth-order valence-corrected chi connectivity index (χ4v) is 2.86. The van der Waals surface area contributed by atoms with Gasteiger partial charge in [0.15, 0.2) is 0 Å². The Hall–Kier alpha value is -1.72. The molecule has 1 saturated carbocycles. The first-order valence-corrected chi connectivity index (χ1v) is 6.93. The summed E-state index contributed by atoms with van der Waals surface area (Å²) in [4.78, 5) is 11.4. The molecule has 1 aromatic rings. The van der Waals surface area contributed by atoms with Crippen molar-refractivity contribution in [1.29, 1.82) is 0 Å². The first-order valence-electron chi connectivity index (χ1n) is 6.93. The van der Waals surface area contributed by atoms with Gasteiger partial charge in [0.1, 0.15) is 5.75 Å². The van der Waals surface area contributed by atoms with Crippen LogP contribution < -0.4 is 4.74 Å². The summed E-state index contributed by atoms with van der Waals surface area (Å²) >= 11 is 0. The predicted molar refractivity (Wildman–Crippen MR) is 70.1 cm³/mol. The topological polar surface area (TPSA) is 46.5 Å². The lowest BCUT2D eigenvalue weighted by molar-refractivity contribution is -0.274. The quantitative estimate of drug-likeness (QED) is 0.880. The third kappa shape index (κ3) is 4.65. The Labute approximate surface area is 120 Å². The summed E-state index contributed by atoms with van der Waals surface area (Å²) in [5.41, 5.74) is 0.518. The van der Waals surface area contributed by atoms with Crippen LogP contribution in [-0.4, -0.2) is 17.4 Å². The van der Waals surface area contributed by atoms with Crippen LogP contribution in [0.25, 0.3) is 0 Å². The molecule has 0 heterocycles. The van der Waals surface area contributed by atoms with Crippen LogP contribution in [0.1, 0.15) is 43.6 Å². The first-order chi connectivity index (χ1) is 9.85. The van der Waals surface area contributed by atoms with Crippen molar-refractivity contribution in [3.05, 3.63) is 29.8 Å². The molecule has 3 nitrogen and oxygen atoms in total. The minimum atomic E-state index is -4.74. The molecule has 1 aliphatic rings. The fraction of sp³-hybridized carbons (Fsp3) is 0.533. The Morgan fingerprint density at radius 3 is 2.29 bits per heavy atom. The van der Waals surface area contributed by atoms with E-state index in [0.29, 0.717) is 17.9 Å². The summed E-state index contributed by atoms with van der Waals surface area (Å²) in [6.45, 7) is 0. The Morgan fingerprint density at radius 2 is 1.81 bits per heavy atom. The van der Waals surface area contributed by atoms with Crippen LogP contribution in [-0.2, 0) is 4.79 Å². The number of carbonyl (C=O) groups is 1. The lowest BCUT2D eigenvalue weighted by Crippen LogP contribution is -2.17. The summed E-state index contributed by atoms with van der Waals surface area (Å²) < 4.78 is 40.0. The third-order valence-corrected chi connectivity index (χ3v) is 3.86. The van der Waals surface area contributed by atoms with Crippen molar-refractivity contribution in [3.8, 4) is 5.75 Å². The van der Waals surface area contributed by atoms with Gasteiger partial charge in [-0.3, -0.25) is 4.79 Å². The third-order valence-electron chi connectivity index (χ3n) is 3.86. The van der Waals surface area contributed by atoms with E-state index in [9.17, 15) is 23.1 Å². The van der Waals surface area contributed by atoms with E-state index < -0.39 is 18.2 Å². The fourth-order valence-electron chi connectivity index (χ4n) is 2.86. The number of ether oxygens (including phenoxy) is 1. The van der Waals surface area contributed by atoms with E-state index in [4.69, 9.17) is 0 Å². The molecular weight excluding hydrogens is 285 g/mol. The van der Waals surface area contributed by atoms with E-state index >= 15 is 0 Å². The van der Waals surface area contributed by atoms with Gasteiger partial charge in [0, 0.05) is 0 Å². The van der Waals surface area contributed by atoms with Gasteiger partial charge in [0.05, 0.1) is 5.92 Å². The number of aliphatic carboxylic acids is 1. The molecule has 6 heteroatoms. The molecule has 0 saturated heterocycles. The Morgan fingerprint density at radius 1 is 1.24 bits per heavy atom. The van der Waals surface area contributed by atoms with Gasteiger partial charge in [0.25, 0.3) is 0 Å². The molecule has 1 aliphatic carbocycles. The van der Waals surface area contributed by atoms with Gasteiger partial charge in [-0.1, -0.05) is 37.8 Å². The number of halogens is 3. The molecular formula is C15H17F3O3. The maximum atomic E-state index is 12.1. The summed E-state index contributed by atoms with van der Waals surface area (Å²) in [7, 11) is 0. The zero-order chi connectivity index (χ0) is 15.5. The van der Waals surface area contributed by atoms with E-state index in [1.165, 1.54) is 12.1 Å². The maximum Gasteiger partial charge on any atom is 0.573 e. The number of hydrogen-bond donors (Lipinski definition) is 1. The van der Waals surface area contributed by atoms with E-state index in [-0.39, 0.29) is 5.75 Å². The molecule has 0 radical (unpaired) electrons. The van der Waals surface area contributed by atoms with E-state index in [2.05, 4.69) is 4.74 Å². The molecule has 116 valence electrons. The SMILES string of the molecule is O=C(O)C(CC1CCCC1)c1ccc(OC(F)(F)F)cc1.